The molecule has 0 amide bonds. The van der Waals surface area contributed by atoms with Crippen molar-refractivity contribution in [3.05, 3.63) is 0 Å². The zero-order chi connectivity index (χ0) is 10.5. The van der Waals surface area contributed by atoms with Crippen molar-refractivity contribution in [3.63, 3.8) is 0 Å². The second-order valence-electron chi connectivity index (χ2n) is 5.38. The summed E-state index contributed by atoms with van der Waals surface area (Å²) in [6, 6.07) is 1.65. The minimum Gasteiger partial charge on any atom is -0.313 e. The molecule has 1 aliphatic heterocycles. The van der Waals surface area contributed by atoms with Crippen molar-refractivity contribution in [1.29, 1.82) is 0 Å². The topological polar surface area (TPSA) is 15.3 Å². The normalized spacial score (nSPS) is 29.6. The minimum atomic E-state index is 0.776. The van der Waals surface area contributed by atoms with Gasteiger partial charge < -0.3 is 10.2 Å². The van der Waals surface area contributed by atoms with Crippen molar-refractivity contribution in [1.82, 2.24) is 10.2 Å². The summed E-state index contributed by atoms with van der Waals surface area (Å²) in [5, 5.41) is 3.60. The Kier molecular flexibility index (Phi) is 4.45. The first-order valence-electron chi connectivity index (χ1n) is 6.80. The fourth-order valence-corrected chi connectivity index (χ4v) is 3.11. The molecule has 0 radical (unpaired) electrons. The Morgan fingerprint density at radius 2 is 1.73 bits per heavy atom. The molecule has 1 heterocycles. The maximum atomic E-state index is 3.60. The molecule has 2 heteroatoms. The molecule has 1 atom stereocenters. The summed E-state index contributed by atoms with van der Waals surface area (Å²) in [5.74, 6) is 0. The van der Waals surface area contributed by atoms with Crippen LogP contribution in [0.4, 0.5) is 0 Å². The summed E-state index contributed by atoms with van der Waals surface area (Å²) in [5.41, 5.74) is 0. The third-order valence-electron chi connectivity index (χ3n) is 4.12. The minimum absolute atomic E-state index is 0.776. The predicted molar refractivity (Wildman–Crippen MR) is 65.1 cm³/mol. The summed E-state index contributed by atoms with van der Waals surface area (Å²) in [6.45, 7) is 2.51. The third-order valence-corrected chi connectivity index (χ3v) is 4.12. The van der Waals surface area contributed by atoms with Gasteiger partial charge in [0.2, 0.25) is 0 Å². The Labute approximate surface area is 94.4 Å². The highest BCUT2D eigenvalue weighted by Gasteiger charge is 2.21. The molecule has 1 unspecified atom stereocenters. The highest BCUT2D eigenvalue weighted by molar-refractivity contribution is 4.80. The molecule has 88 valence electrons. The smallest absolute Gasteiger partial charge is 0.0195 e. The summed E-state index contributed by atoms with van der Waals surface area (Å²) in [7, 11) is 2.33. The van der Waals surface area contributed by atoms with E-state index in [9.17, 15) is 0 Å². The van der Waals surface area contributed by atoms with E-state index in [1.165, 1.54) is 64.5 Å². The lowest BCUT2D eigenvalue weighted by Gasteiger charge is -2.29. The van der Waals surface area contributed by atoms with Gasteiger partial charge in [-0.05, 0) is 39.3 Å². The van der Waals surface area contributed by atoms with Gasteiger partial charge in [-0.1, -0.05) is 25.7 Å². The Balaban J connectivity index is 1.74. The second kappa shape index (κ2) is 5.86. The predicted octanol–water partition coefficient (Wildman–Crippen LogP) is 2.39. The van der Waals surface area contributed by atoms with Crippen LogP contribution in [0.2, 0.25) is 0 Å². The number of likely N-dealkylation sites (N-methyl/N-ethyl adjacent to an activating group) is 1. The Morgan fingerprint density at radius 1 is 1.00 bits per heavy atom. The summed E-state index contributed by atoms with van der Waals surface area (Å²) in [4.78, 5) is 2.62. The Bertz CT molecular complexity index is 167. The second-order valence-corrected chi connectivity index (χ2v) is 5.38. The van der Waals surface area contributed by atoms with Crippen LogP contribution in [0.25, 0.3) is 0 Å². The van der Waals surface area contributed by atoms with Crippen molar-refractivity contribution < 1.29 is 0 Å². The van der Waals surface area contributed by atoms with Crippen LogP contribution in [0.3, 0.4) is 0 Å². The Hall–Kier alpha value is -0.0800. The van der Waals surface area contributed by atoms with Gasteiger partial charge in [-0.25, -0.2) is 0 Å². The van der Waals surface area contributed by atoms with Crippen molar-refractivity contribution in [2.24, 2.45) is 0 Å². The van der Waals surface area contributed by atoms with Gasteiger partial charge in [0.1, 0.15) is 0 Å². The van der Waals surface area contributed by atoms with E-state index in [4.69, 9.17) is 0 Å². The molecule has 1 N–H and O–H groups in total. The van der Waals surface area contributed by atoms with E-state index in [-0.39, 0.29) is 0 Å². The molecule has 2 nitrogen and oxygen atoms in total. The zero-order valence-corrected chi connectivity index (χ0v) is 10.2. The molecule has 2 rings (SSSR count). The average molecular weight is 210 g/mol. The molecule has 0 aromatic heterocycles. The molecule has 0 bridgehead atoms. The van der Waals surface area contributed by atoms with Crippen molar-refractivity contribution in [3.8, 4) is 0 Å². The molecule has 15 heavy (non-hydrogen) atoms. The molecule has 0 spiro atoms. The zero-order valence-electron chi connectivity index (χ0n) is 10.2. The van der Waals surface area contributed by atoms with Crippen molar-refractivity contribution in [2.45, 2.75) is 63.5 Å². The number of nitrogens with one attached hydrogen (secondary N) is 1. The first kappa shape index (κ1) is 11.4. The van der Waals surface area contributed by atoms with Gasteiger partial charge >= 0.3 is 0 Å². The summed E-state index contributed by atoms with van der Waals surface area (Å²) >= 11 is 0. The van der Waals surface area contributed by atoms with Crippen molar-refractivity contribution in [2.75, 3.05) is 20.1 Å². The van der Waals surface area contributed by atoms with Crippen LogP contribution in [-0.2, 0) is 0 Å². The van der Waals surface area contributed by atoms with Gasteiger partial charge in [0.05, 0.1) is 0 Å². The number of hydrogen-bond acceptors (Lipinski definition) is 2. The van der Waals surface area contributed by atoms with Gasteiger partial charge in [0.25, 0.3) is 0 Å². The molecule has 2 fully saturated rings. The van der Waals surface area contributed by atoms with Crippen molar-refractivity contribution >= 4 is 0 Å². The van der Waals surface area contributed by atoms with Crippen LogP contribution in [0, 0.1) is 0 Å². The van der Waals surface area contributed by atoms with Gasteiger partial charge in [-0.2, -0.15) is 0 Å². The lowest BCUT2D eigenvalue weighted by atomic mass is 10.1. The molecular weight excluding hydrogens is 184 g/mol. The Morgan fingerprint density at radius 3 is 2.33 bits per heavy atom. The molecule has 2 aliphatic rings. The highest BCUT2D eigenvalue weighted by atomic mass is 15.2. The molecule has 1 saturated carbocycles. The van der Waals surface area contributed by atoms with Crippen LogP contribution in [-0.4, -0.2) is 37.1 Å². The van der Waals surface area contributed by atoms with E-state index >= 15 is 0 Å². The lowest BCUT2D eigenvalue weighted by Crippen LogP contribution is -2.40. The van der Waals surface area contributed by atoms with E-state index in [2.05, 4.69) is 17.3 Å². The first-order chi connectivity index (χ1) is 7.36. The number of hydrogen-bond donors (Lipinski definition) is 1. The van der Waals surface area contributed by atoms with Gasteiger partial charge in [-0.3, -0.25) is 0 Å². The fraction of sp³-hybridized carbons (Fsp3) is 1.00. The standard InChI is InChI=1S/C13H26N2/c1-15(11-12-7-6-10-14-12)13-8-4-2-3-5-9-13/h12-14H,2-11H2,1H3. The highest BCUT2D eigenvalue weighted by Crippen LogP contribution is 2.21. The van der Waals surface area contributed by atoms with E-state index in [0.717, 1.165) is 12.1 Å². The van der Waals surface area contributed by atoms with Gasteiger partial charge in [0.15, 0.2) is 0 Å². The lowest BCUT2D eigenvalue weighted by molar-refractivity contribution is 0.203. The molecular formula is C13H26N2. The largest absolute Gasteiger partial charge is 0.313 e. The first-order valence-corrected chi connectivity index (χ1v) is 6.80. The SMILES string of the molecule is CN(CC1CCCN1)C1CCCCCC1. The summed E-state index contributed by atoms with van der Waals surface area (Å²) in [6.07, 6.45) is 11.5. The van der Waals surface area contributed by atoms with E-state index < -0.39 is 0 Å². The van der Waals surface area contributed by atoms with Crippen LogP contribution in [0.1, 0.15) is 51.4 Å². The molecule has 1 saturated heterocycles. The average Bonchev–Trinajstić information content (AvgIpc) is 2.58. The van der Waals surface area contributed by atoms with E-state index in [1.807, 2.05) is 0 Å². The third kappa shape index (κ3) is 3.46. The quantitative estimate of drug-likeness (QED) is 0.720. The molecule has 0 aromatic rings. The summed E-state index contributed by atoms with van der Waals surface area (Å²) < 4.78 is 0. The van der Waals surface area contributed by atoms with Crippen LogP contribution >= 0.6 is 0 Å². The van der Waals surface area contributed by atoms with Gasteiger partial charge in [-0.15, -0.1) is 0 Å². The van der Waals surface area contributed by atoms with Crippen LogP contribution in [0.15, 0.2) is 0 Å². The van der Waals surface area contributed by atoms with Gasteiger partial charge in [0, 0.05) is 18.6 Å². The van der Waals surface area contributed by atoms with E-state index in [1.54, 1.807) is 0 Å². The fourth-order valence-electron chi connectivity index (χ4n) is 3.11. The number of rotatable bonds is 3. The maximum absolute atomic E-state index is 3.60. The van der Waals surface area contributed by atoms with Crippen LogP contribution in [0.5, 0.6) is 0 Å². The maximum Gasteiger partial charge on any atom is 0.0195 e. The molecule has 0 aromatic carbocycles. The molecule has 1 aliphatic carbocycles. The monoisotopic (exact) mass is 210 g/mol. The van der Waals surface area contributed by atoms with Crippen LogP contribution < -0.4 is 5.32 Å². The number of nitrogens with zero attached hydrogens (tertiary/aromatic N) is 1. The van der Waals surface area contributed by atoms with E-state index in [0.29, 0.717) is 0 Å².